The SMILES string of the molecule is CCOc1ccccc1-c1cc(C(=O)NC(C[C@]2(N)C=CC=CC2)[C@H](O)C[C@H]2CC3(CCC3)Oc3ccc(CC)cc32)c2ccccc2n1. The Bertz CT molecular complexity index is 1900. The van der Waals surface area contributed by atoms with Crippen LogP contribution in [0.15, 0.2) is 97.1 Å². The van der Waals surface area contributed by atoms with Crippen LogP contribution in [0.5, 0.6) is 11.5 Å². The predicted octanol–water partition coefficient (Wildman–Crippen LogP) is 7.81. The molecule has 4 N–H and O–H groups in total. The van der Waals surface area contributed by atoms with Crippen molar-refractivity contribution in [3.8, 4) is 22.8 Å². The first-order chi connectivity index (χ1) is 23.8. The summed E-state index contributed by atoms with van der Waals surface area (Å²) in [5, 5.41) is 16.2. The summed E-state index contributed by atoms with van der Waals surface area (Å²) in [5.41, 5.74) is 11.1. The summed E-state index contributed by atoms with van der Waals surface area (Å²) < 4.78 is 12.5. The van der Waals surface area contributed by atoms with Gasteiger partial charge < -0.3 is 25.6 Å². The molecule has 1 saturated carbocycles. The van der Waals surface area contributed by atoms with Gasteiger partial charge in [0.2, 0.25) is 0 Å². The van der Waals surface area contributed by atoms with E-state index >= 15 is 0 Å². The van der Waals surface area contributed by atoms with Crippen LogP contribution in [0.4, 0.5) is 0 Å². The number of carbonyl (C=O) groups is 1. The van der Waals surface area contributed by atoms with Crippen LogP contribution < -0.4 is 20.5 Å². The highest BCUT2D eigenvalue weighted by Gasteiger charge is 2.46. The Kier molecular flexibility index (Phi) is 9.32. The lowest BCUT2D eigenvalue weighted by Gasteiger charge is -2.48. The number of nitrogens with zero attached hydrogens (tertiary/aromatic N) is 1. The fourth-order valence-corrected chi connectivity index (χ4v) is 7.84. The van der Waals surface area contributed by atoms with Crippen molar-refractivity contribution in [1.29, 1.82) is 0 Å². The summed E-state index contributed by atoms with van der Waals surface area (Å²) in [5.74, 6) is 1.47. The molecule has 254 valence electrons. The molecule has 7 nitrogen and oxygen atoms in total. The number of aliphatic hydroxyl groups excluding tert-OH is 1. The Morgan fingerprint density at radius 2 is 1.90 bits per heavy atom. The number of nitrogens with one attached hydrogen (secondary N) is 1. The monoisotopic (exact) mass is 657 g/mol. The first-order valence-corrected chi connectivity index (χ1v) is 17.8. The number of pyridine rings is 1. The van der Waals surface area contributed by atoms with Gasteiger partial charge in [-0.25, -0.2) is 4.98 Å². The van der Waals surface area contributed by atoms with Crippen molar-refractivity contribution in [1.82, 2.24) is 10.3 Å². The summed E-state index contributed by atoms with van der Waals surface area (Å²) in [4.78, 5) is 19.4. The van der Waals surface area contributed by atoms with Gasteiger partial charge in [-0.1, -0.05) is 73.7 Å². The molecule has 0 bridgehead atoms. The van der Waals surface area contributed by atoms with E-state index in [9.17, 15) is 9.90 Å². The summed E-state index contributed by atoms with van der Waals surface area (Å²) in [6.07, 6.45) is 13.7. The minimum absolute atomic E-state index is 0.101. The summed E-state index contributed by atoms with van der Waals surface area (Å²) >= 11 is 0. The van der Waals surface area contributed by atoms with E-state index in [1.54, 1.807) is 0 Å². The molecule has 3 aromatic carbocycles. The minimum atomic E-state index is -0.840. The average molecular weight is 658 g/mol. The van der Waals surface area contributed by atoms with Crippen LogP contribution in [0, 0.1) is 0 Å². The number of allylic oxidation sites excluding steroid dienone is 2. The number of amides is 1. The molecule has 1 spiro atoms. The van der Waals surface area contributed by atoms with Crippen molar-refractivity contribution in [2.24, 2.45) is 5.73 Å². The predicted molar refractivity (Wildman–Crippen MR) is 195 cm³/mol. The molecule has 1 aliphatic heterocycles. The van der Waals surface area contributed by atoms with Crippen LogP contribution in [0.3, 0.4) is 0 Å². The molecule has 7 rings (SSSR count). The second-order valence-corrected chi connectivity index (χ2v) is 14.1. The molecule has 4 atom stereocenters. The number of nitrogens with two attached hydrogens (primary N) is 1. The maximum atomic E-state index is 14.5. The number of ether oxygens (including phenoxy) is 2. The van der Waals surface area contributed by atoms with E-state index < -0.39 is 17.7 Å². The Morgan fingerprint density at radius 3 is 2.65 bits per heavy atom. The second kappa shape index (κ2) is 13.8. The van der Waals surface area contributed by atoms with E-state index in [0.717, 1.165) is 54.4 Å². The molecular formula is C42H47N3O4. The van der Waals surface area contributed by atoms with Gasteiger partial charge in [0.1, 0.15) is 17.1 Å². The van der Waals surface area contributed by atoms with Gasteiger partial charge in [-0.15, -0.1) is 0 Å². The van der Waals surface area contributed by atoms with E-state index in [0.29, 0.717) is 48.4 Å². The van der Waals surface area contributed by atoms with Crippen LogP contribution in [0.25, 0.3) is 22.2 Å². The van der Waals surface area contributed by atoms with Gasteiger partial charge in [-0.05, 0) is 106 Å². The van der Waals surface area contributed by atoms with Crippen LogP contribution in [-0.4, -0.2) is 45.9 Å². The zero-order valence-corrected chi connectivity index (χ0v) is 28.5. The van der Waals surface area contributed by atoms with Gasteiger partial charge in [0, 0.05) is 16.5 Å². The first kappa shape index (κ1) is 33.1. The molecule has 1 aromatic heterocycles. The zero-order valence-electron chi connectivity index (χ0n) is 28.5. The molecule has 7 heteroatoms. The first-order valence-electron chi connectivity index (χ1n) is 17.8. The third-order valence-electron chi connectivity index (χ3n) is 10.6. The molecule has 2 heterocycles. The molecule has 49 heavy (non-hydrogen) atoms. The van der Waals surface area contributed by atoms with Crippen molar-refractivity contribution in [3.05, 3.63) is 114 Å². The van der Waals surface area contributed by atoms with E-state index in [1.165, 1.54) is 5.56 Å². The number of fused-ring (bicyclic) bond motifs is 2. The van der Waals surface area contributed by atoms with Gasteiger partial charge in [0.25, 0.3) is 5.91 Å². The molecule has 1 fully saturated rings. The fraction of sp³-hybridized carbons (Fsp3) is 0.381. The van der Waals surface area contributed by atoms with E-state index in [2.05, 4.69) is 30.4 Å². The Labute approximate surface area is 289 Å². The smallest absolute Gasteiger partial charge is 0.252 e. The third-order valence-corrected chi connectivity index (χ3v) is 10.6. The molecule has 2 aliphatic carbocycles. The Balaban J connectivity index is 1.23. The Morgan fingerprint density at radius 1 is 1.08 bits per heavy atom. The molecule has 1 unspecified atom stereocenters. The maximum Gasteiger partial charge on any atom is 0.252 e. The number of hydrogen-bond donors (Lipinski definition) is 3. The van der Waals surface area contributed by atoms with Crippen LogP contribution in [-0.2, 0) is 6.42 Å². The molecule has 1 amide bonds. The van der Waals surface area contributed by atoms with E-state index in [1.807, 2.05) is 85.8 Å². The molecule has 3 aliphatic rings. The van der Waals surface area contributed by atoms with E-state index in [-0.39, 0.29) is 17.4 Å². The number of aromatic nitrogens is 1. The van der Waals surface area contributed by atoms with Gasteiger partial charge in [0.15, 0.2) is 0 Å². The van der Waals surface area contributed by atoms with Crippen LogP contribution >= 0.6 is 0 Å². The fourth-order valence-electron chi connectivity index (χ4n) is 7.84. The molecule has 4 aromatic rings. The quantitative estimate of drug-likeness (QED) is 0.152. The minimum Gasteiger partial charge on any atom is -0.493 e. The van der Waals surface area contributed by atoms with Gasteiger partial charge in [-0.2, -0.15) is 0 Å². The highest BCUT2D eigenvalue weighted by atomic mass is 16.5. The molecule has 0 radical (unpaired) electrons. The van der Waals surface area contributed by atoms with Crippen molar-refractivity contribution >= 4 is 16.8 Å². The number of carbonyl (C=O) groups excluding carboxylic acids is 1. The summed E-state index contributed by atoms with van der Waals surface area (Å²) in [7, 11) is 0. The van der Waals surface area contributed by atoms with Crippen molar-refractivity contribution in [2.45, 2.75) is 94.4 Å². The van der Waals surface area contributed by atoms with Gasteiger partial charge >= 0.3 is 0 Å². The third kappa shape index (κ3) is 6.87. The van der Waals surface area contributed by atoms with Gasteiger partial charge in [0.05, 0.1) is 35.5 Å². The standard InChI is InChI=1S/C42H47N3O4/c1-3-28-17-18-39-32(23-28)29(26-42(49-39)21-12-22-42)24-37(46)36(27-41(43)19-10-5-11-20-41)45-40(47)33-25-35(44-34-15-8-6-13-30(33)34)31-14-7-9-16-38(31)48-4-2/h5-11,13-19,23,25,29,36-37,46H,3-4,12,20-22,24,26-27,43H2,1-2H3,(H,45,47)/t29-,36?,37+,41-/m0/s1. The largest absolute Gasteiger partial charge is 0.493 e. The number of hydrogen-bond acceptors (Lipinski definition) is 6. The lowest BCUT2D eigenvalue weighted by atomic mass is 9.69. The second-order valence-electron chi connectivity index (χ2n) is 14.1. The van der Waals surface area contributed by atoms with Gasteiger partial charge in [-0.3, -0.25) is 4.79 Å². The number of para-hydroxylation sites is 2. The van der Waals surface area contributed by atoms with Crippen LogP contribution in [0.2, 0.25) is 0 Å². The highest BCUT2D eigenvalue weighted by molar-refractivity contribution is 6.07. The lowest BCUT2D eigenvalue weighted by Crippen LogP contribution is -2.52. The molecule has 0 saturated heterocycles. The van der Waals surface area contributed by atoms with Crippen molar-refractivity contribution in [3.63, 3.8) is 0 Å². The highest BCUT2D eigenvalue weighted by Crippen LogP contribution is 2.51. The number of benzene rings is 3. The number of rotatable bonds is 11. The summed E-state index contributed by atoms with van der Waals surface area (Å²) in [6.45, 7) is 4.62. The van der Waals surface area contributed by atoms with Crippen LogP contribution in [0.1, 0.15) is 86.2 Å². The number of aliphatic hydroxyl groups is 1. The normalized spacial score (nSPS) is 21.8. The molecular weight excluding hydrogens is 610 g/mol. The number of aryl methyl sites for hydroxylation is 1. The summed E-state index contributed by atoms with van der Waals surface area (Å²) in [6, 6.07) is 23.2. The lowest BCUT2D eigenvalue weighted by molar-refractivity contribution is -0.0394. The maximum absolute atomic E-state index is 14.5. The average Bonchev–Trinajstić information content (AvgIpc) is 3.10. The Hall–Kier alpha value is -4.46. The van der Waals surface area contributed by atoms with E-state index in [4.69, 9.17) is 20.2 Å². The topological polar surface area (TPSA) is 107 Å². The van der Waals surface area contributed by atoms with Crippen molar-refractivity contribution in [2.75, 3.05) is 6.61 Å². The zero-order chi connectivity index (χ0) is 34.0. The van der Waals surface area contributed by atoms with Crippen molar-refractivity contribution < 1.29 is 19.4 Å².